The Morgan fingerprint density at radius 2 is 1.48 bits per heavy atom. The number of carbonyl (C=O) groups is 4. The lowest BCUT2D eigenvalue weighted by molar-refractivity contribution is -0.125. The van der Waals surface area contributed by atoms with E-state index in [9.17, 15) is 37.5 Å². The van der Waals surface area contributed by atoms with Crippen LogP contribution in [0.1, 0.15) is 35.8 Å². The fraction of sp³-hybridized carbons (Fsp3) is 0.273. The molecule has 2 aliphatic heterocycles. The number of hydrogen-bond acceptors (Lipinski definition) is 6. The van der Waals surface area contributed by atoms with Crippen LogP contribution < -0.4 is 9.80 Å². The molecule has 3 heterocycles. The summed E-state index contributed by atoms with van der Waals surface area (Å²) in [6.45, 7) is 3.06. The molecular weight excluding hydrogens is 686 g/mol. The molecule has 15 heteroatoms. The molecule has 6 atom stereocenters. The van der Waals surface area contributed by atoms with Crippen LogP contribution in [0.2, 0.25) is 0 Å². The Labute approximate surface area is 278 Å². The predicted molar refractivity (Wildman–Crippen MR) is 160 cm³/mol. The highest BCUT2D eigenvalue weighted by Crippen LogP contribution is 2.66. The average molecular weight is 707 g/mol. The summed E-state index contributed by atoms with van der Waals surface area (Å²) < 4.78 is 78.6. The number of benzene rings is 2. The fourth-order valence-electron chi connectivity index (χ4n) is 7.53. The van der Waals surface area contributed by atoms with Crippen LogP contribution in [0.15, 0.2) is 59.0 Å². The number of aliphatic hydroxyl groups is 1. The monoisotopic (exact) mass is 706 g/mol. The molecule has 4 amide bonds. The smallest absolute Gasteiger partial charge is 0.258 e. The van der Waals surface area contributed by atoms with Gasteiger partial charge in [0.15, 0.2) is 33.0 Å². The van der Waals surface area contributed by atoms with E-state index in [1.807, 2.05) is 0 Å². The highest BCUT2D eigenvalue weighted by Gasteiger charge is 2.77. The van der Waals surface area contributed by atoms with Crippen LogP contribution in [0, 0.1) is 46.8 Å². The van der Waals surface area contributed by atoms with Crippen molar-refractivity contribution in [2.45, 2.75) is 35.1 Å². The molecule has 4 aliphatic rings. The number of imide groups is 2. The first-order chi connectivity index (χ1) is 22.7. The second kappa shape index (κ2) is 10.8. The SMILES string of the molecule is C=Cc1ccc(N2C(=O)C3CC=C4C(CC5(Cl)C(=O)N(c6c(F)c(F)c(F)c(F)c6F)C(=O)C5(Cl)C4c4ccc(CO)o4)C3C2=O)cc1. The van der Waals surface area contributed by atoms with Crippen LogP contribution in [-0.4, -0.2) is 38.5 Å². The first-order valence-electron chi connectivity index (χ1n) is 14.5. The van der Waals surface area contributed by atoms with Crippen molar-refractivity contribution in [1.82, 2.24) is 0 Å². The van der Waals surface area contributed by atoms with Gasteiger partial charge in [0.05, 0.1) is 23.4 Å². The molecule has 0 radical (unpaired) electrons. The Hall–Kier alpha value is -4.33. The second-order valence-electron chi connectivity index (χ2n) is 12.0. The van der Waals surface area contributed by atoms with Gasteiger partial charge in [-0.25, -0.2) is 26.9 Å². The van der Waals surface area contributed by atoms with Crippen molar-refractivity contribution in [3.63, 3.8) is 0 Å². The zero-order valence-electron chi connectivity index (χ0n) is 24.3. The van der Waals surface area contributed by atoms with Crippen molar-refractivity contribution < 1.29 is 50.7 Å². The molecule has 0 bridgehead atoms. The molecular formula is C33H21Cl2F5N2O6. The highest BCUT2D eigenvalue weighted by molar-refractivity contribution is 6.58. The van der Waals surface area contributed by atoms with Crippen molar-refractivity contribution in [2.75, 3.05) is 9.80 Å². The topological polar surface area (TPSA) is 108 Å². The van der Waals surface area contributed by atoms with Crippen molar-refractivity contribution in [3.8, 4) is 0 Å². The molecule has 1 N–H and O–H groups in total. The second-order valence-corrected chi connectivity index (χ2v) is 13.2. The lowest BCUT2D eigenvalue weighted by Crippen LogP contribution is -2.60. The lowest BCUT2D eigenvalue weighted by Gasteiger charge is -2.49. The maximum Gasteiger partial charge on any atom is 0.258 e. The normalized spacial score (nSPS) is 29.6. The van der Waals surface area contributed by atoms with E-state index in [1.165, 1.54) is 12.1 Å². The fourth-order valence-corrected chi connectivity index (χ4v) is 8.44. The molecule has 6 unspecified atom stereocenters. The molecule has 2 saturated heterocycles. The third-order valence-electron chi connectivity index (χ3n) is 9.73. The van der Waals surface area contributed by atoms with Gasteiger partial charge in [-0.3, -0.25) is 24.1 Å². The summed E-state index contributed by atoms with van der Waals surface area (Å²) in [5.41, 5.74) is -0.664. The number of hydrogen-bond donors (Lipinski definition) is 1. The van der Waals surface area contributed by atoms with Crippen molar-refractivity contribution in [3.05, 3.63) is 101 Å². The van der Waals surface area contributed by atoms with Crippen LogP contribution in [0.25, 0.3) is 6.08 Å². The quantitative estimate of drug-likeness (QED) is 0.0888. The number of alkyl halides is 2. The molecule has 2 aliphatic carbocycles. The number of allylic oxidation sites excluding steroid dienone is 2. The van der Waals surface area contributed by atoms with E-state index in [1.54, 1.807) is 36.4 Å². The molecule has 48 heavy (non-hydrogen) atoms. The van der Waals surface area contributed by atoms with Gasteiger partial charge in [-0.2, -0.15) is 0 Å². The Bertz CT molecular complexity index is 1990. The minimum absolute atomic E-state index is 0.0171. The molecule has 3 fully saturated rings. The van der Waals surface area contributed by atoms with Crippen LogP contribution in [0.3, 0.4) is 0 Å². The summed E-state index contributed by atoms with van der Waals surface area (Å²) in [5.74, 6) is -21.7. The van der Waals surface area contributed by atoms with E-state index in [2.05, 4.69) is 6.58 Å². The summed E-state index contributed by atoms with van der Waals surface area (Å²) in [6.07, 6.45) is 2.44. The number of furan rings is 1. The van der Waals surface area contributed by atoms with Gasteiger partial charge in [-0.15, -0.1) is 23.2 Å². The Morgan fingerprint density at radius 1 is 0.854 bits per heavy atom. The molecule has 248 valence electrons. The molecule has 1 aromatic heterocycles. The Balaban J connectivity index is 1.40. The van der Waals surface area contributed by atoms with Crippen molar-refractivity contribution in [2.24, 2.45) is 17.8 Å². The zero-order chi connectivity index (χ0) is 34.6. The number of halogens is 7. The first-order valence-corrected chi connectivity index (χ1v) is 15.3. The minimum atomic E-state index is -2.71. The predicted octanol–water partition coefficient (Wildman–Crippen LogP) is 5.88. The highest BCUT2D eigenvalue weighted by atomic mass is 35.5. The van der Waals surface area contributed by atoms with E-state index in [0.717, 1.165) is 10.5 Å². The van der Waals surface area contributed by atoms with Gasteiger partial charge in [0.1, 0.15) is 23.8 Å². The minimum Gasteiger partial charge on any atom is -0.463 e. The van der Waals surface area contributed by atoms with Gasteiger partial charge >= 0.3 is 0 Å². The third-order valence-corrected chi connectivity index (χ3v) is 11.1. The van der Waals surface area contributed by atoms with E-state index >= 15 is 8.78 Å². The van der Waals surface area contributed by atoms with Gasteiger partial charge in [-0.1, -0.05) is 36.4 Å². The van der Waals surface area contributed by atoms with Crippen molar-refractivity contribution >= 4 is 64.3 Å². The summed E-state index contributed by atoms with van der Waals surface area (Å²) in [7, 11) is 0. The molecule has 0 spiro atoms. The van der Waals surface area contributed by atoms with Gasteiger partial charge in [0.2, 0.25) is 17.6 Å². The molecule has 2 aromatic carbocycles. The van der Waals surface area contributed by atoms with Crippen LogP contribution in [-0.2, 0) is 25.8 Å². The summed E-state index contributed by atoms with van der Waals surface area (Å²) in [4.78, 5) is 51.5. The molecule has 3 aromatic rings. The van der Waals surface area contributed by atoms with Gasteiger partial charge < -0.3 is 9.52 Å². The Morgan fingerprint density at radius 3 is 2.06 bits per heavy atom. The van der Waals surface area contributed by atoms with E-state index in [0.29, 0.717) is 0 Å². The van der Waals surface area contributed by atoms with Crippen molar-refractivity contribution in [1.29, 1.82) is 0 Å². The van der Waals surface area contributed by atoms with E-state index < -0.39 is 105 Å². The number of fused-ring (bicyclic) bond motifs is 4. The zero-order valence-corrected chi connectivity index (χ0v) is 25.8. The van der Waals surface area contributed by atoms with Crippen LogP contribution in [0.5, 0.6) is 0 Å². The molecule has 1 saturated carbocycles. The first kappa shape index (κ1) is 32.2. The largest absolute Gasteiger partial charge is 0.463 e. The maximum atomic E-state index is 15.1. The average Bonchev–Trinajstić information content (AvgIpc) is 3.70. The summed E-state index contributed by atoms with van der Waals surface area (Å²) in [5, 5.41) is 9.69. The standard InChI is InChI=1S/C33H21Cl2F5N2O6/c1-2-13-3-5-14(6-4-13)41-28(44)17-9-8-16-18(20(17)29(41)45)11-32(34)30(46)42(27-25(39)23(37)22(36)24(38)26(27)40)31(47)33(32,35)21(16)19-10-7-15(12-43)48-19/h2-8,10,17-18,20-21,43H,1,9,11-12H2. The Kier molecular flexibility index (Phi) is 7.28. The van der Waals surface area contributed by atoms with Crippen LogP contribution in [0.4, 0.5) is 33.3 Å². The molecule has 7 rings (SSSR count). The van der Waals surface area contributed by atoms with Crippen LogP contribution >= 0.6 is 23.2 Å². The van der Waals surface area contributed by atoms with Gasteiger partial charge in [0, 0.05) is 0 Å². The van der Waals surface area contributed by atoms with Gasteiger partial charge in [-0.05, 0) is 48.6 Å². The third kappa shape index (κ3) is 3.98. The number of aliphatic hydroxyl groups excluding tert-OH is 1. The molecule has 8 nitrogen and oxygen atoms in total. The number of amides is 4. The number of carbonyl (C=O) groups excluding carboxylic acids is 4. The number of anilines is 2. The van der Waals surface area contributed by atoms with E-state index in [4.69, 9.17) is 27.6 Å². The number of nitrogens with zero attached hydrogens (tertiary/aromatic N) is 2. The number of rotatable bonds is 5. The summed E-state index contributed by atoms with van der Waals surface area (Å²) >= 11 is 14.1. The summed E-state index contributed by atoms with van der Waals surface area (Å²) in [6, 6.07) is 9.02. The van der Waals surface area contributed by atoms with Gasteiger partial charge in [0.25, 0.3) is 11.8 Å². The maximum absolute atomic E-state index is 15.1. The lowest BCUT2D eigenvalue weighted by atomic mass is 9.57. The van der Waals surface area contributed by atoms with E-state index in [-0.39, 0.29) is 34.1 Å².